The van der Waals surface area contributed by atoms with Gasteiger partial charge in [-0.05, 0) is 5.56 Å². The third-order valence-electron chi connectivity index (χ3n) is 9.30. The van der Waals surface area contributed by atoms with Crippen LogP contribution < -0.4 is 0 Å². The molecule has 45 heavy (non-hydrogen) atoms. The van der Waals surface area contributed by atoms with Gasteiger partial charge in [-0.2, -0.15) is 0 Å². The van der Waals surface area contributed by atoms with Gasteiger partial charge in [0.25, 0.3) is 0 Å². The van der Waals surface area contributed by atoms with E-state index in [1.165, 1.54) is 85.4 Å². The summed E-state index contributed by atoms with van der Waals surface area (Å²) < 4.78 is 7.86. The summed E-state index contributed by atoms with van der Waals surface area (Å²) in [6.07, 6.45) is 0. The third-order valence-corrected chi connectivity index (χ3v) is 11.7. The number of hydrogen-bond donors (Lipinski definition) is 0. The van der Waals surface area contributed by atoms with Crippen LogP contribution in [-0.2, 0) is 0 Å². The number of aromatic nitrogens is 2. The largest absolute Gasteiger partial charge is 0.0617 e. The van der Waals surface area contributed by atoms with Crippen molar-refractivity contribution in [2.24, 2.45) is 0 Å². The van der Waals surface area contributed by atoms with Crippen molar-refractivity contribution in [3.8, 4) is 22.5 Å². The van der Waals surface area contributed by atoms with Crippen LogP contribution in [0, 0.1) is 0 Å². The standard InChI is InChI=1S/C42H26N2Se/c1-2-11-27(12-3-1)28-13-10-14-29(25-28)43-35-18-7-4-16-33(35)41-37(43)23-24-38-42(41)34-17-5-8-19-36(34)44(38)30-21-22-32-31-15-6-9-20-39(31)45-40(32)26-30/h1-26H. The Morgan fingerprint density at radius 1 is 0.333 bits per heavy atom. The topological polar surface area (TPSA) is 9.86 Å². The molecular weight excluding hydrogens is 611 g/mol. The van der Waals surface area contributed by atoms with Crippen LogP contribution in [0.3, 0.4) is 0 Å². The van der Waals surface area contributed by atoms with E-state index in [1.807, 2.05) is 0 Å². The molecule has 210 valence electrons. The minimum atomic E-state index is 0.315. The van der Waals surface area contributed by atoms with Gasteiger partial charge >= 0.3 is 225 Å². The molecule has 3 heterocycles. The van der Waals surface area contributed by atoms with E-state index in [2.05, 4.69) is 167 Å². The monoisotopic (exact) mass is 638 g/mol. The number of rotatable bonds is 3. The summed E-state index contributed by atoms with van der Waals surface area (Å²) in [7, 11) is 0. The molecule has 10 aromatic rings. The summed E-state index contributed by atoms with van der Waals surface area (Å²) >= 11 is 0.315. The Bertz CT molecular complexity index is 2760. The first-order chi connectivity index (χ1) is 22.3. The molecule has 3 heteroatoms. The molecule has 7 aromatic carbocycles. The fourth-order valence-corrected chi connectivity index (χ4v) is 9.77. The van der Waals surface area contributed by atoms with Gasteiger partial charge < -0.3 is 0 Å². The second-order valence-corrected chi connectivity index (χ2v) is 14.0. The average molecular weight is 638 g/mol. The van der Waals surface area contributed by atoms with E-state index in [9.17, 15) is 0 Å². The smallest absolute Gasteiger partial charge is 0.0544 e. The molecule has 0 bridgehead atoms. The quantitative estimate of drug-likeness (QED) is 0.171. The molecule has 0 aliphatic rings. The molecule has 0 atom stereocenters. The fourth-order valence-electron chi connectivity index (χ4n) is 7.38. The number of hydrogen-bond acceptors (Lipinski definition) is 0. The van der Waals surface area contributed by atoms with Crippen LogP contribution in [0.5, 0.6) is 0 Å². The number of nitrogens with zero attached hydrogens (tertiary/aromatic N) is 2. The summed E-state index contributed by atoms with van der Waals surface area (Å²) in [5.74, 6) is 0. The minimum Gasteiger partial charge on any atom is -0.0617 e. The molecule has 0 spiro atoms. The molecule has 0 N–H and O–H groups in total. The predicted octanol–water partition coefficient (Wildman–Crippen LogP) is 10.9. The second-order valence-electron chi connectivity index (χ2n) is 11.8. The Balaban J connectivity index is 1.28. The van der Waals surface area contributed by atoms with Crippen molar-refractivity contribution in [3.05, 3.63) is 158 Å². The van der Waals surface area contributed by atoms with Gasteiger partial charge in [0.2, 0.25) is 0 Å². The molecule has 0 aliphatic carbocycles. The molecule has 0 saturated heterocycles. The molecule has 0 saturated carbocycles. The van der Waals surface area contributed by atoms with Crippen LogP contribution in [0.25, 0.3) is 85.4 Å². The van der Waals surface area contributed by atoms with Gasteiger partial charge in [0.1, 0.15) is 0 Å². The Morgan fingerprint density at radius 2 is 0.889 bits per heavy atom. The predicted molar refractivity (Wildman–Crippen MR) is 193 cm³/mol. The molecule has 0 fully saturated rings. The van der Waals surface area contributed by atoms with Crippen molar-refractivity contribution >= 4 is 77.4 Å². The van der Waals surface area contributed by atoms with Crippen molar-refractivity contribution in [3.63, 3.8) is 0 Å². The maximum absolute atomic E-state index is 2.48. The van der Waals surface area contributed by atoms with E-state index < -0.39 is 0 Å². The Morgan fingerprint density at radius 3 is 1.60 bits per heavy atom. The van der Waals surface area contributed by atoms with Gasteiger partial charge in [0.15, 0.2) is 0 Å². The Labute approximate surface area is 265 Å². The molecule has 0 unspecified atom stereocenters. The van der Waals surface area contributed by atoms with Crippen molar-refractivity contribution in [1.82, 2.24) is 9.13 Å². The second kappa shape index (κ2) is 9.58. The molecule has 10 rings (SSSR count). The van der Waals surface area contributed by atoms with Gasteiger partial charge in [-0.1, -0.05) is 36.4 Å². The van der Waals surface area contributed by atoms with Gasteiger partial charge in [-0.15, -0.1) is 0 Å². The first-order valence-electron chi connectivity index (χ1n) is 15.4. The molecular formula is C42H26N2Se. The van der Waals surface area contributed by atoms with Crippen molar-refractivity contribution in [1.29, 1.82) is 0 Å². The zero-order chi connectivity index (χ0) is 29.5. The zero-order valence-corrected chi connectivity index (χ0v) is 26.0. The van der Waals surface area contributed by atoms with E-state index >= 15 is 0 Å². The summed E-state index contributed by atoms with van der Waals surface area (Å²) in [5.41, 5.74) is 9.78. The molecule has 0 aliphatic heterocycles. The van der Waals surface area contributed by atoms with Crippen LogP contribution in [0.15, 0.2) is 158 Å². The zero-order valence-electron chi connectivity index (χ0n) is 24.3. The summed E-state index contributed by atoms with van der Waals surface area (Å²) in [6.45, 7) is 0. The van der Waals surface area contributed by atoms with Gasteiger partial charge in [-0.3, -0.25) is 0 Å². The van der Waals surface area contributed by atoms with Gasteiger partial charge in [0.05, 0.1) is 0 Å². The summed E-state index contributed by atoms with van der Waals surface area (Å²) in [6, 6.07) is 58.0. The Hall–Kier alpha value is -5.34. The maximum Gasteiger partial charge on any atom is -0.0544 e. The molecule has 2 nitrogen and oxygen atoms in total. The van der Waals surface area contributed by atoms with Crippen molar-refractivity contribution in [2.75, 3.05) is 0 Å². The molecule has 3 aromatic heterocycles. The number of fused-ring (bicyclic) bond motifs is 10. The number of benzene rings is 7. The fraction of sp³-hybridized carbons (Fsp3) is 0. The van der Waals surface area contributed by atoms with Crippen LogP contribution >= 0.6 is 0 Å². The van der Waals surface area contributed by atoms with E-state index in [1.54, 1.807) is 0 Å². The first-order valence-corrected chi connectivity index (χ1v) is 17.1. The maximum atomic E-state index is 2.48. The first kappa shape index (κ1) is 25.0. The van der Waals surface area contributed by atoms with E-state index in [0.29, 0.717) is 14.5 Å². The van der Waals surface area contributed by atoms with Crippen LogP contribution in [-0.4, -0.2) is 23.6 Å². The van der Waals surface area contributed by atoms with Gasteiger partial charge in [-0.25, -0.2) is 0 Å². The molecule has 0 radical (unpaired) electrons. The van der Waals surface area contributed by atoms with Crippen LogP contribution in [0.4, 0.5) is 0 Å². The van der Waals surface area contributed by atoms with Crippen LogP contribution in [0.1, 0.15) is 0 Å². The summed E-state index contributed by atoms with van der Waals surface area (Å²) in [5, 5.41) is 7.96. The molecule has 0 amide bonds. The van der Waals surface area contributed by atoms with Gasteiger partial charge in [0, 0.05) is 0 Å². The average Bonchev–Trinajstić information content (AvgIpc) is 3.76. The SMILES string of the molecule is c1ccc(-c2cccc(-n3c4ccccc4c4c5c6ccccc6n(-c6ccc7c(c6)[se]c6ccccc67)c5ccc43)c2)cc1. The Kier molecular flexibility index (Phi) is 5.33. The van der Waals surface area contributed by atoms with Crippen LogP contribution in [0.2, 0.25) is 0 Å². The minimum absolute atomic E-state index is 0.315. The third kappa shape index (κ3) is 3.63. The normalized spacial score (nSPS) is 12.0. The van der Waals surface area contributed by atoms with Crippen molar-refractivity contribution in [2.45, 2.75) is 0 Å². The van der Waals surface area contributed by atoms with E-state index in [4.69, 9.17) is 0 Å². The van der Waals surface area contributed by atoms with E-state index in [-0.39, 0.29) is 0 Å². The van der Waals surface area contributed by atoms with Crippen molar-refractivity contribution < 1.29 is 0 Å². The summed E-state index contributed by atoms with van der Waals surface area (Å²) in [4.78, 5) is 0. The van der Waals surface area contributed by atoms with E-state index in [0.717, 1.165) is 0 Å². The number of para-hydroxylation sites is 2.